The molecular weight excluding hydrogens is 416 g/mol. The minimum Gasteiger partial charge on any atom is -0.343 e. The second-order valence-electron chi connectivity index (χ2n) is 8.40. The van der Waals surface area contributed by atoms with E-state index in [-0.39, 0.29) is 42.1 Å². The average molecular weight is 453 g/mol. The molecule has 1 aliphatic heterocycles. The second kappa shape index (κ2) is 11.6. The number of hydrogen-bond acceptors (Lipinski definition) is 5. The first-order valence-electron chi connectivity index (χ1n) is 11.0. The third kappa shape index (κ3) is 7.29. The number of likely N-dealkylation sites (tertiary alicyclic amines) is 1. The molecule has 0 radical (unpaired) electrons. The molecule has 174 valence electrons. The third-order valence-electron chi connectivity index (χ3n) is 5.70. The molecule has 2 unspecified atom stereocenters. The zero-order chi connectivity index (χ0) is 23.0. The summed E-state index contributed by atoms with van der Waals surface area (Å²) in [6.45, 7) is 6.44. The van der Waals surface area contributed by atoms with Crippen molar-refractivity contribution in [2.45, 2.75) is 63.9 Å². The Morgan fingerprint density at radius 1 is 1.19 bits per heavy atom. The highest BCUT2D eigenvalue weighted by molar-refractivity contribution is 7.88. The van der Waals surface area contributed by atoms with Gasteiger partial charge in [0, 0.05) is 19.1 Å². The van der Waals surface area contributed by atoms with Gasteiger partial charge in [0.2, 0.25) is 21.8 Å². The van der Waals surface area contributed by atoms with Gasteiger partial charge in [-0.15, -0.1) is 0 Å². The third-order valence-corrected chi connectivity index (χ3v) is 7.02. The first-order chi connectivity index (χ1) is 14.7. The van der Waals surface area contributed by atoms with Crippen molar-refractivity contribution in [2.75, 3.05) is 20.1 Å². The van der Waals surface area contributed by atoms with E-state index >= 15 is 0 Å². The molecule has 9 heteroatoms. The fraction of sp³-hybridized carbons (Fsp3) is 0.636. The summed E-state index contributed by atoms with van der Waals surface area (Å²) in [6.07, 6.45) is 2.16. The van der Waals surface area contributed by atoms with E-state index in [1.807, 2.05) is 26.8 Å². The minimum atomic E-state index is -3.51. The Morgan fingerprint density at radius 3 is 2.45 bits per heavy atom. The minimum absolute atomic E-state index is 0.0816. The van der Waals surface area contributed by atoms with Crippen LogP contribution in [0.25, 0.3) is 0 Å². The van der Waals surface area contributed by atoms with Gasteiger partial charge in [0.25, 0.3) is 0 Å². The van der Waals surface area contributed by atoms with Gasteiger partial charge in [-0.05, 0) is 37.8 Å². The molecule has 1 aromatic rings. The number of carbonyl (C=O) groups excluding carboxylic acids is 2. The quantitative estimate of drug-likeness (QED) is 0.468. The topological polar surface area (TPSA) is 108 Å². The van der Waals surface area contributed by atoms with Gasteiger partial charge < -0.3 is 15.5 Å². The Labute approximate surface area is 186 Å². The molecule has 2 rings (SSSR count). The van der Waals surface area contributed by atoms with Crippen LogP contribution in [0, 0.1) is 5.92 Å². The lowest BCUT2D eigenvalue weighted by Gasteiger charge is -2.32. The van der Waals surface area contributed by atoms with E-state index in [1.165, 1.54) is 0 Å². The Kier molecular flexibility index (Phi) is 9.46. The lowest BCUT2D eigenvalue weighted by Crippen LogP contribution is -2.56. The molecule has 1 fully saturated rings. The molecule has 1 aromatic carbocycles. The zero-order valence-electron chi connectivity index (χ0n) is 18.9. The zero-order valence-corrected chi connectivity index (χ0v) is 19.7. The van der Waals surface area contributed by atoms with Crippen molar-refractivity contribution >= 4 is 21.8 Å². The van der Waals surface area contributed by atoms with Gasteiger partial charge in [0.15, 0.2) is 0 Å². The number of benzene rings is 1. The first-order valence-corrected chi connectivity index (χ1v) is 12.6. The predicted octanol–water partition coefficient (Wildman–Crippen LogP) is 1.24. The number of carbonyl (C=O) groups is 2. The number of hydrogen-bond donors (Lipinski definition) is 3. The van der Waals surface area contributed by atoms with E-state index in [1.54, 1.807) is 36.2 Å². The molecule has 8 nitrogen and oxygen atoms in total. The molecule has 0 aliphatic carbocycles. The first kappa shape index (κ1) is 25.3. The van der Waals surface area contributed by atoms with Crippen LogP contribution in [0.15, 0.2) is 30.3 Å². The fourth-order valence-electron chi connectivity index (χ4n) is 3.87. The highest BCUT2D eigenvalue weighted by atomic mass is 32.2. The SMILES string of the molecule is CCC(NC)C(=O)N[C@H](C(=O)N1CCCC1CNS(=O)(=O)Cc1ccccc1)C(C)C. The van der Waals surface area contributed by atoms with Gasteiger partial charge in [0.1, 0.15) is 6.04 Å². The van der Waals surface area contributed by atoms with E-state index in [4.69, 9.17) is 0 Å². The van der Waals surface area contributed by atoms with Crippen molar-refractivity contribution in [3.05, 3.63) is 35.9 Å². The molecule has 1 heterocycles. The molecule has 31 heavy (non-hydrogen) atoms. The van der Waals surface area contributed by atoms with Gasteiger partial charge in [-0.3, -0.25) is 9.59 Å². The van der Waals surface area contributed by atoms with Crippen LogP contribution < -0.4 is 15.4 Å². The van der Waals surface area contributed by atoms with Crippen LogP contribution in [-0.2, 0) is 25.4 Å². The van der Waals surface area contributed by atoms with E-state index in [0.29, 0.717) is 18.5 Å². The standard InChI is InChI=1S/C22H36N4O4S/c1-5-19(23-4)21(27)25-20(16(2)3)22(28)26-13-9-12-18(26)14-24-31(29,30)15-17-10-7-6-8-11-17/h6-8,10-11,16,18-20,23-24H,5,9,12-15H2,1-4H3,(H,25,27)/t18?,19?,20-/m0/s1. The van der Waals surface area contributed by atoms with Crippen LogP contribution in [0.3, 0.4) is 0 Å². The number of likely N-dealkylation sites (N-methyl/N-ethyl adjacent to an activating group) is 1. The van der Waals surface area contributed by atoms with Crippen molar-refractivity contribution < 1.29 is 18.0 Å². The Morgan fingerprint density at radius 2 is 1.87 bits per heavy atom. The number of sulfonamides is 1. The highest BCUT2D eigenvalue weighted by Crippen LogP contribution is 2.20. The summed E-state index contributed by atoms with van der Waals surface area (Å²) < 4.78 is 27.6. The van der Waals surface area contributed by atoms with E-state index in [2.05, 4.69) is 15.4 Å². The summed E-state index contributed by atoms with van der Waals surface area (Å²) in [6, 6.07) is 7.78. The molecule has 2 amide bonds. The Hall–Kier alpha value is -1.97. The monoisotopic (exact) mass is 452 g/mol. The molecule has 0 bridgehead atoms. The summed E-state index contributed by atoms with van der Waals surface area (Å²) in [5.74, 6) is -0.529. The van der Waals surface area contributed by atoms with E-state index < -0.39 is 16.1 Å². The average Bonchev–Trinajstić information content (AvgIpc) is 3.20. The van der Waals surface area contributed by atoms with E-state index in [0.717, 1.165) is 12.8 Å². The van der Waals surface area contributed by atoms with Crippen LogP contribution in [0.4, 0.5) is 0 Å². The summed E-state index contributed by atoms with van der Waals surface area (Å²) in [4.78, 5) is 27.5. The van der Waals surface area contributed by atoms with Crippen molar-refractivity contribution in [2.24, 2.45) is 5.92 Å². The highest BCUT2D eigenvalue weighted by Gasteiger charge is 2.36. The summed E-state index contributed by atoms with van der Waals surface area (Å²) >= 11 is 0. The van der Waals surface area contributed by atoms with Crippen LogP contribution in [0.5, 0.6) is 0 Å². The molecule has 3 N–H and O–H groups in total. The summed E-state index contributed by atoms with van der Waals surface area (Å²) in [5.41, 5.74) is 0.715. The fourth-order valence-corrected chi connectivity index (χ4v) is 5.05. The van der Waals surface area contributed by atoms with Crippen molar-refractivity contribution in [3.63, 3.8) is 0 Å². The van der Waals surface area contributed by atoms with E-state index in [9.17, 15) is 18.0 Å². The van der Waals surface area contributed by atoms with Crippen molar-refractivity contribution in [1.82, 2.24) is 20.3 Å². The lowest BCUT2D eigenvalue weighted by atomic mass is 10.0. The van der Waals surface area contributed by atoms with Crippen LogP contribution in [-0.4, -0.2) is 63.4 Å². The van der Waals surface area contributed by atoms with Gasteiger partial charge in [-0.25, -0.2) is 13.1 Å². The molecular formula is C22H36N4O4S. The molecule has 0 saturated carbocycles. The predicted molar refractivity (Wildman–Crippen MR) is 122 cm³/mol. The molecule has 0 spiro atoms. The Balaban J connectivity index is 2.01. The molecule has 0 aromatic heterocycles. The maximum Gasteiger partial charge on any atom is 0.245 e. The maximum atomic E-state index is 13.3. The molecule has 1 saturated heterocycles. The van der Waals surface area contributed by atoms with Gasteiger partial charge >= 0.3 is 0 Å². The number of nitrogens with zero attached hydrogens (tertiary/aromatic N) is 1. The van der Waals surface area contributed by atoms with Gasteiger partial charge in [-0.2, -0.15) is 0 Å². The van der Waals surface area contributed by atoms with Gasteiger partial charge in [0.05, 0.1) is 11.8 Å². The van der Waals surface area contributed by atoms with Crippen molar-refractivity contribution in [1.29, 1.82) is 0 Å². The maximum absolute atomic E-state index is 13.3. The lowest BCUT2D eigenvalue weighted by molar-refractivity contribution is -0.138. The second-order valence-corrected chi connectivity index (χ2v) is 10.2. The van der Waals surface area contributed by atoms with Crippen LogP contribution >= 0.6 is 0 Å². The van der Waals surface area contributed by atoms with Crippen LogP contribution in [0.1, 0.15) is 45.6 Å². The smallest absolute Gasteiger partial charge is 0.245 e. The number of amides is 2. The molecule has 3 atom stereocenters. The largest absolute Gasteiger partial charge is 0.343 e. The number of nitrogens with one attached hydrogen (secondary N) is 3. The van der Waals surface area contributed by atoms with Crippen LogP contribution in [0.2, 0.25) is 0 Å². The Bertz CT molecular complexity index is 825. The van der Waals surface area contributed by atoms with Gasteiger partial charge in [-0.1, -0.05) is 51.1 Å². The summed E-state index contributed by atoms with van der Waals surface area (Å²) in [5, 5.41) is 5.85. The number of rotatable bonds is 11. The van der Waals surface area contributed by atoms with Crippen molar-refractivity contribution in [3.8, 4) is 0 Å². The molecule has 1 aliphatic rings. The summed E-state index contributed by atoms with van der Waals surface area (Å²) in [7, 11) is -1.79. The normalized spacial score (nSPS) is 18.7.